The van der Waals surface area contributed by atoms with Crippen LogP contribution in [0, 0.1) is 6.92 Å². The van der Waals surface area contributed by atoms with Gasteiger partial charge in [0.25, 0.3) is 0 Å². The lowest BCUT2D eigenvalue weighted by Gasteiger charge is -2.29. The summed E-state index contributed by atoms with van der Waals surface area (Å²) >= 11 is 1.64. The summed E-state index contributed by atoms with van der Waals surface area (Å²) in [6.45, 7) is 7.79. The highest BCUT2D eigenvalue weighted by atomic mass is 32.1. The minimum absolute atomic E-state index is 0.230. The Morgan fingerprint density at radius 1 is 1.50 bits per heavy atom. The van der Waals surface area contributed by atoms with Crippen LogP contribution >= 0.6 is 11.3 Å². The average molecular weight is 295 g/mol. The van der Waals surface area contributed by atoms with Gasteiger partial charge in [-0.2, -0.15) is 4.98 Å². The number of hydrogen-bond acceptors (Lipinski definition) is 7. The van der Waals surface area contributed by atoms with Gasteiger partial charge in [0.05, 0.1) is 18.0 Å². The van der Waals surface area contributed by atoms with E-state index in [4.69, 9.17) is 10.6 Å². The summed E-state index contributed by atoms with van der Waals surface area (Å²) in [4.78, 5) is 13.3. The second-order valence-electron chi connectivity index (χ2n) is 4.68. The van der Waals surface area contributed by atoms with Gasteiger partial charge in [0, 0.05) is 18.5 Å². The molecule has 0 bridgehead atoms. The van der Waals surface area contributed by atoms with Gasteiger partial charge in [0.2, 0.25) is 5.95 Å². The lowest BCUT2D eigenvalue weighted by atomic mass is 10.2. The quantitative estimate of drug-likeness (QED) is 0.628. The number of aryl methyl sites for hydroxylation is 1. The molecule has 2 aromatic heterocycles. The van der Waals surface area contributed by atoms with Gasteiger partial charge in [-0.05, 0) is 26.8 Å². The number of ether oxygens (including phenoxy) is 1. The van der Waals surface area contributed by atoms with Crippen molar-refractivity contribution in [3.05, 3.63) is 10.9 Å². The predicted octanol–water partition coefficient (Wildman–Crippen LogP) is 2.15. The third-order valence-corrected chi connectivity index (χ3v) is 4.12. The third-order valence-electron chi connectivity index (χ3n) is 3.18. The molecule has 110 valence electrons. The van der Waals surface area contributed by atoms with E-state index in [0.29, 0.717) is 12.6 Å². The minimum Gasteiger partial charge on any atom is -0.383 e. The van der Waals surface area contributed by atoms with E-state index in [1.54, 1.807) is 18.4 Å². The second-order valence-corrected chi connectivity index (χ2v) is 5.92. The van der Waals surface area contributed by atoms with Gasteiger partial charge in [0.1, 0.15) is 10.6 Å². The SMILES string of the molecule is CCN(c1nc(NN)nc2sc(C)cc12)C(C)COC. The fourth-order valence-corrected chi connectivity index (χ4v) is 3.19. The Balaban J connectivity index is 2.54. The molecule has 2 aromatic rings. The van der Waals surface area contributed by atoms with Crippen molar-refractivity contribution < 1.29 is 4.74 Å². The van der Waals surface area contributed by atoms with Gasteiger partial charge < -0.3 is 9.64 Å². The molecule has 0 amide bonds. The molecule has 7 heteroatoms. The van der Waals surface area contributed by atoms with Gasteiger partial charge in [-0.15, -0.1) is 11.3 Å². The molecule has 0 spiro atoms. The number of fused-ring (bicyclic) bond motifs is 1. The highest BCUT2D eigenvalue weighted by Gasteiger charge is 2.19. The Hall–Kier alpha value is -1.44. The van der Waals surface area contributed by atoms with Crippen molar-refractivity contribution in [1.82, 2.24) is 9.97 Å². The lowest BCUT2D eigenvalue weighted by Crippen LogP contribution is -2.37. The number of nitrogens with two attached hydrogens (primary N) is 1. The van der Waals surface area contributed by atoms with Gasteiger partial charge in [-0.1, -0.05) is 0 Å². The first-order valence-electron chi connectivity index (χ1n) is 6.61. The smallest absolute Gasteiger partial charge is 0.240 e. The highest BCUT2D eigenvalue weighted by molar-refractivity contribution is 7.18. The largest absolute Gasteiger partial charge is 0.383 e. The van der Waals surface area contributed by atoms with E-state index in [0.717, 1.165) is 22.6 Å². The lowest BCUT2D eigenvalue weighted by molar-refractivity contribution is 0.182. The fraction of sp³-hybridized carbons (Fsp3) is 0.538. The molecule has 1 unspecified atom stereocenters. The zero-order chi connectivity index (χ0) is 14.7. The van der Waals surface area contributed by atoms with Crippen LogP contribution in [0.2, 0.25) is 0 Å². The summed E-state index contributed by atoms with van der Waals surface area (Å²) in [5.41, 5.74) is 2.55. The molecule has 0 aliphatic heterocycles. The van der Waals surface area contributed by atoms with Crippen molar-refractivity contribution in [2.24, 2.45) is 5.84 Å². The first-order chi connectivity index (χ1) is 9.60. The van der Waals surface area contributed by atoms with Crippen molar-refractivity contribution in [3.8, 4) is 0 Å². The van der Waals surface area contributed by atoms with E-state index in [2.05, 4.69) is 47.1 Å². The van der Waals surface area contributed by atoms with Crippen LogP contribution in [0.5, 0.6) is 0 Å². The number of aromatic nitrogens is 2. The summed E-state index contributed by atoms with van der Waals surface area (Å²) in [5, 5.41) is 1.07. The number of nitrogens with zero attached hydrogens (tertiary/aromatic N) is 3. The normalized spacial score (nSPS) is 12.7. The summed E-state index contributed by atoms with van der Waals surface area (Å²) in [5.74, 6) is 6.82. The summed E-state index contributed by atoms with van der Waals surface area (Å²) in [7, 11) is 1.71. The molecule has 0 fully saturated rings. The Kier molecular flexibility index (Phi) is 4.74. The Labute approximate surface area is 122 Å². The minimum atomic E-state index is 0.230. The predicted molar refractivity (Wildman–Crippen MR) is 84.3 cm³/mol. The number of anilines is 2. The molecule has 3 N–H and O–H groups in total. The Morgan fingerprint density at radius 3 is 2.85 bits per heavy atom. The summed E-state index contributed by atoms with van der Waals surface area (Å²) in [6.07, 6.45) is 0. The highest BCUT2D eigenvalue weighted by Crippen LogP contribution is 2.32. The number of thiophene rings is 1. The van der Waals surface area contributed by atoms with Gasteiger partial charge in [-0.3, -0.25) is 5.43 Å². The van der Waals surface area contributed by atoms with Crippen LogP contribution < -0.4 is 16.2 Å². The van der Waals surface area contributed by atoms with Crippen LogP contribution in [0.1, 0.15) is 18.7 Å². The van der Waals surface area contributed by atoms with E-state index < -0.39 is 0 Å². The van der Waals surface area contributed by atoms with Crippen molar-refractivity contribution in [3.63, 3.8) is 0 Å². The molecule has 0 radical (unpaired) electrons. The van der Waals surface area contributed by atoms with E-state index in [9.17, 15) is 0 Å². The molecular weight excluding hydrogens is 274 g/mol. The molecule has 6 nitrogen and oxygen atoms in total. The third kappa shape index (κ3) is 2.84. The number of likely N-dealkylation sites (N-methyl/N-ethyl adjacent to an activating group) is 1. The number of nitrogens with one attached hydrogen (secondary N) is 1. The monoisotopic (exact) mass is 295 g/mol. The molecular formula is C13H21N5OS. The van der Waals surface area contributed by atoms with Gasteiger partial charge >= 0.3 is 0 Å². The second kappa shape index (κ2) is 6.34. The maximum Gasteiger partial charge on any atom is 0.240 e. The van der Waals surface area contributed by atoms with E-state index in [1.807, 2.05) is 0 Å². The van der Waals surface area contributed by atoms with Crippen LogP contribution in [0.4, 0.5) is 11.8 Å². The fourth-order valence-electron chi connectivity index (χ4n) is 2.31. The first kappa shape index (κ1) is 15.0. The van der Waals surface area contributed by atoms with Crippen LogP contribution in [0.25, 0.3) is 10.2 Å². The van der Waals surface area contributed by atoms with E-state index in [-0.39, 0.29) is 6.04 Å². The molecule has 0 saturated carbocycles. The molecule has 0 aromatic carbocycles. The van der Waals surface area contributed by atoms with Crippen molar-refractivity contribution >= 4 is 33.3 Å². The molecule has 20 heavy (non-hydrogen) atoms. The molecule has 2 heterocycles. The number of hydrogen-bond donors (Lipinski definition) is 2. The summed E-state index contributed by atoms with van der Waals surface area (Å²) in [6, 6.07) is 2.35. The zero-order valence-corrected chi connectivity index (χ0v) is 13.1. The Morgan fingerprint density at radius 2 is 2.25 bits per heavy atom. The Bertz CT molecular complexity index is 585. The number of nitrogen functional groups attached to an aromatic ring is 1. The van der Waals surface area contributed by atoms with E-state index >= 15 is 0 Å². The number of rotatable bonds is 6. The van der Waals surface area contributed by atoms with Gasteiger partial charge in [0.15, 0.2) is 0 Å². The molecule has 0 aliphatic carbocycles. The topological polar surface area (TPSA) is 76.3 Å². The molecule has 0 saturated heterocycles. The van der Waals surface area contributed by atoms with Crippen LogP contribution in [0.15, 0.2) is 6.07 Å². The van der Waals surface area contributed by atoms with Crippen molar-refractivity contribution in [2.45, 2.75) is 26.8 Å². The maximum absolute atomic E-state index is 5.48. The van der Waals surface area contributed by atoms with Gasteiger partial charge in [-0.25, -0.2) is 10.8 Å². The maximum atomic E-state index is 5.48. The summed E-state index contributed by atoms with van der Waals surface area (Å²) < 4.78 is 5.26. The first-order valence-corrected chi connectivity index (χ1v) is 7.42. The van der Waals surface area contributed by atoms with E-state index in [1.165, 1.54) is 4.88 Å². The van der Waals surface area contributed by atoms with Crippen LogP contribution in [-0.2, 0) is 4.74 Å². The molecule has 1 atom stereocenters. The average Bonchev–Trinajstić information content (AvgIpc) is 2.80. The molecule has 0 aliphatic rings. The zero-order valence-electron chi connectivity index (χ0n) is 12.3. The van der Waals surface area contributed by atoms with Crippen molar-refractivity contribution in [1.29, 1.82) is 0 Å². The van der Waals surface area contributed by atoms with Crippen LogP contribution in [0.3, 0.4) is 0 Å². The standard InChI is InChI=1S/C13H21N5OS/c1-5-18(8(2)7-19-4)11-10-6-9(3)20-12(10)16-13(15-11)17-14/h6,8H,5,7,14H2,1-4H3,(H,15,16,17). The number of hydrazine groups is 1. The number of methoxy groups -OCH3 is 1. The molecule has 2 rings (SSSR count). The van der Waals surface area contributed by atoms with Crippen LogP contribution in [-0.4, -0.2) is 36.3 Å². The van der Waals surface area contributed by atoms with Crippen molar-refractivity contribution in [2.75, 3.05) is 30.6 Å².